The number of carboxylic acid groups (broad SMARTS) is 1. The quantitative estimate of drug-likeness (QED) is 0.627. The number of carbonyl (C=O) groups is 2. The largest absolute Gasteiger partial charge is 0.481 e. The van der Waals surface area contributed by atoms with Gasteiger partial charge in [-0.3, -0.25) is 4.79 Å². The van der Waals surface area contributed by atoms with Crippen LogP contribution in [0.1, 0.15) is 25.7 Å². The summed E-state index contributed by atoms with van der Waals surface area (Å²) in [5.74, 6) is -0.576. The molecule has 2 fully saturated rings. The molecule has 3 nitrogen and oxygen atoms in total. The lowest BCUT2D eigenvalue weighted by molar-refractivity contribution is -0.158. The molecule has 12 heavy (non-hydrogen) atoms. The maximum atomic E-state index is 10.5. The van der Waals surface area contributed by atoms with Gasteiger partial charge in [0.15, 0.2) is 0 Å². The average molecular weight is 168 g/mol. The van der Waals surface area contributed by atoms with Crippen LogP contribution in [-0.4, -0.2) is 17.4 Å². The predicted octanol–water partition coefficient (Wildman–Crippen LogP) is 1.08. The van der Waals surface area contributed by atoms with E-state index in [1.165, 1.54) is 0 Å². The highest BCUT2D eigenvalue weighted by Gasteiger charge is 2.54. The molecule has 3 heteroatoms. The van der Waals surface area contributed by atoms with E-state index >= 15 is 0 Å². The zero-order valence-corrected chi connectivity index (χ0v) is 6.82. The number of carbonyl (C=O) groups excluding carboxylic acids is 1. The third-order valence-electron chi connectivity index (χ3n) is 3.29. The Bertz CT molecular complexity index is 220. The number of aldehydes is 1. The van der Waals surface area contributed by atoms with Crippen molar-refractivity contribution in [2.24, 2.45) is 17.3 Å². The number of rotatable bonds is 2. The second kappa shape index (κ2) is 2.31. The molecule has 0 unspecified atom stereocenters. The van der Waals surface area contributed by atoms with Crippen molar-refractivity contribution in [3.63, 3.8) is 0 Å². The van der Waals surface area contributed by atoms with Crippen LogP contribution >= 0.6 is 0 Å². The van der Waals surface area contributed by atoms with E-state index in [0.717, 1.165) is 32.0 Å². The Morgan fingerprint density at radius 3 is 2.33 bits per heavy atom. The van der Waals surface area contributed by atoms with Crippen molar-refractivity contribution >= 4 is 12.3 Å². The lowest BCUT2D eigenvalue weighted by Crippen LogP contribution is -2.50. The normalized spacial score (nSPS) is 44.7. The number of aliphatic carboxylic acids is 1. The van der Waals surface area contributed by atoms with Crippen LogP contribution < -0.4 is 0 Å². The van der Waals surface area contributed by atoms with Crippen molar-refractivity contribution in [1.29, 1.82) is 0 Å². The smallest absolute Gasteiger partial charge is 0.306 e. The summed E-state index contributed by atoms with van der Waals surface area (Å²) in [5, 5.41) is 8.64. The summed E-state index contributed by atoms with van der Waals surface area (Å²) < 4.78 is 0. The van der Waals surface area contributed by atoms with E-state index in [0.29, 0.717) is 0 Å². The second-order valence-corrected chi connectivity index (χ2v) is 4.25. The molecule has 0 saturated heterocycles. The number of hydrogen-bond donors (Lipinski definition) is 1. The molecule has 0 heterocycles. The fourth-order valence-corrected chi connectivity index (χ4v) is 2.64. The standard InChI is InChI=1S/C9H12O3/c10-5-6-1-9(2-6)3-7(4-9)8(11)12/h5-7H,1-4H2,(H,11,12). The first kappa shape index (κ1) is 7.77. The Morgan fingerprint density at radius 2 is 1.92 bits per heavy atom. The van der Waals surface area contributed by atoms with Crippen LogP contribution in [0.15, 0.2) is 0 Å². The first-order valence-corrected chi connectivity index (χ1v) is 4.33. The molecule has 0 aromatic heterocycles. The molecular weight excluding hydrogens is 156 g/mol. The molecule has 1 N–H and O–H groups in total. The fraction of sp³-hybridized carbons (Fsp3) is 0.778. The maximum Gasteiger partial charge on any atom is 0.306 e. The summed E-state index contributed by atoms with van der Waals surface area (Å²) in [7, 11) is 0. The zero-order chi connectivity index (χ0) is 8.77. The van der Waals surface area contributed by atoms with E-state index in [2.05, 4.69) is 0 Å². The molecule has 2 aliphatic carbocycles. The third kappa shape index (κ3) is 0.958. The lowest BCUT2D eigenvalue weighted by Gasteiger charge is -2.55. The number of carboxylic acids is 1. The molecular formula is C9H12O3. The summed E-state index contributed by atoms with van der Waals surface area (Å²) in [6.45, 7) is 0. The maximum absolute atomic E-state index is 10.5. The highest BCUT2D eigenvalue weighted by atomic mass is 16.4. The van der Waals surface area contributed by atoms with Gasteiger partial charge in [0, 0.05) is 5.92 Å². The van der Waals surface area contributed by atoms with Crippen molar-refractivity contribution in [3.8, 4) is 0 Å². The highest BCUT2D eigenvalue weighted by Crippen LogP contribution is 2.60. The zero-order valence-electron chi connectivity index (χ0n) is 6.82. The van der Waals surface area contributed by atoms with E-state index in [4.69, 9.17) is 5.11 Å². The van der Waals surface area contributed by atoms with Crippen molar-refractivity contribution in [2.45, 2.75) is 25.7 Å². The van der Waals surface area contributed by atoms with Gasteiger partial charge in [-0.05, 0) is 31.1 Å². The van der Waals surface area contributed by atoms with E-state index < -0.39 is 5.97 Å². The topological polar surface area (TPSA) is 54.4 Å². The molecule has 2 aliphatic rings. The SMILES string of the molecule is O=CC1CC2(C1)CC(C(=O)O)C2. The minimum atomic E-state index is -0.671. The molecule has 0 aromatic rings. The monoisotopic (exact) mass is 168 g/mol. The fourth-order valence-electron chi connectivity index (χ4n) is 2.64. The van der Waals surface area contributed by atoms with Crippen LogP contribution in [0.2, 0.25) is 0 Å². The Labute approximate surface area is 70.8 Å². The Balaban J connectivity index is 1.82. The molecule has 66 valence electrons. The van der Waals surface area contributed by atoms with Gasteiger partial charge in [0.05, 0.1) is 5.92 Å². The molecule has 0 atom stereocenters. The van der Waals surface area contributed by atoms with E-state index in [1.54, 1.807) is 0 Å². The van der Waals surface area contributed by atoms with Gasteiger partial charge in [-0.25, -0.2) is 0 Å². The van der Waals surface area contributed by atoms with Crippen LogP contribution in [-0.2, 0) is 9.59 Å². The van der Waals surface area contributed by atoms with Crippen molar-refractivity contribution in [3.05, 3.63) is 0 Å². The molecule has 0 aliphatic heterocycles. The summed E-state index contributed by atoms with van der Waals surface area (Å²) in [4.78, 5) is 20.8. The van der Waals surface area contributed by atoms with Crippen LogP contribution in [0.4, 0.5) is 0 Å². The summed E-state index contributed by atoms with van der Waals surface area (Å²) in [6.07, 6.45) is 4.46. The van der Waals surface area contributed by atoms with E-state index in [9.17, 15) is 9.59 Å². The first-order valence-electron chi connectivity index (χ1n) is 4.33. The molecule has 2 saturated carbocycles. The Kier molecular flexibility index (Phi) is 1.50. The molecule has 0 aromatic carbocycles. The molecule has 0 amide bonds. The van der Waals surface area contributed by atoms with Crippen molar-refractivity contribution in [1.82, 2.24) is 0 Å². The van der Waals surface area contributed by atoms with Gasteiger partial charge in [-0.1, -0.05) is 0 Å². The van der Waals surface area contributed by atoms with Gasteiger partial charge in [0.25, 0.3) is 0 Å². The molecule has 1 spiro atoms. The summed E-state index contributed by atoms with van der Waals surface area (Å²) in [5.41, 5.74) is 0.259. The predicted molar refractivity (Wildman–Crippen MR) is 41.6 cm³/mol. The average Bonchev–Trinajstić information content (AvgIpc) is 1.81. The van der Waals surface area contributed by atoms with Crippen LogP contribution in [0.3, 0.4) is 0 Å². The number of hydrogen-bond acceptors (Lipinski definition) is 2. The Hall–Kier alpha value is -0.860. The lowest BCUT2D eigenvalue weighted by atomic mass is 9.48. The van der Waals surface area contributed by atoms with Crippen molar-refractivity contribution in [2.75, 3.05) is 0 Å². The van der Waals surface area contributed by atoms with Gasteiger partial charge < -0.3 is 9.90 Å². The van der Waals surface area contributed by atoms with E-state index in [-0.39, 0.29) is 17.3 Å². The van der Waals surface area contributed by atoms with Gasteiger partial charge in [-0.2, -0.15) is 0 Å². The molecule has 2 rings (SSSR count). The van der Waals surface area contributed by atoms with E-state index in [1.807, 2.05) is 0 Å². The van der Waals surface area contributed by atoms with Gasteiger partial charge in [-0.15, -0.1) is 0 Å². The van der Waals surface area contributed by atoms with Crippen molar-refractivity contribution < 1.29 is 14.7 Å². The first-order chi connectivity index (χ1) is 5.65. The third-order valence-corrected chi connectivity index (χ3v) is 3.29. The Morgan fingerprint density at radius 1 is 1.33 bits per heavy atom. The minimum Gasteiger partial charge on any atom is -0.481 e. The summed E-state index contributed by atoms with van der Waals surface area (Å²) >= 11 is 0. The molecule has 0 radical (unpaired) electrons. The summed E-state index contributed by atoms with van der Waals surface area (Å²) in [6, 6.07) is 0. The second-order valence-electron chi connectivity index (χ2n) is 4.25. The van der Waals surface area contributed by atoms with Gasteiger partial charge in [0.2, 0.25) is 0 Å². The molecule has 0 bridgehead atoms. The van der Waals surface area contributed by atoms with Gasteiger partial charge in [0.1, 0.15) is 6.29 Å². The van der Waals surface area contributed by atoms with Crippen LogP contribution in [0, 0.1) is 17.3 Å². The van der Waals surface area contributed by atoms with Gasteiger partial charge >= 0.3 is 5.97 Å². The van der Waals surface area contributed by atoms with Crippen LogP contribution in [0.5, 0.6) is 0 Å². The highest BCUT2D eigenvalue weighted by molar-refractivity contribution is 5.71. The minimum absolute atomic E-state index is 0.127. The van der Waals surface area contributed by atoms with Crippen LogP contribution in [0.25, 0.3) is 0 Å².